The predicted octanol–water partition coefficient (Wildman–Crippen LogP) is 2.72. The Bertz CT molecular complexity index is 992. The summed E-state index contributed by atoms with van der Waals surface area (Å²) in [6, 6.07) is 6.60. The second kappa shape index (κ2) is 6.97. The number of carbonyl (C=O) groups is 1. The topological polar surface area (TPSA) is 68.0 Å². The second-order valence-electron chi connectivity index (χ2n) is 6.38. The zero-order chi connectivity index (χ0) is 18.1. The highest BCUT2D eigenvalue weighted by Crippen LogP contribution is 2.20. The summed E-state index contributed by atoms with van der Waals surface area (Å²) < 4.78 is 14.3. The highest BCUT2D eigenvalue weighted by Gasteiger charge is 2.24. The van der Waals surface area contributed by atoms with Gasteiger partial charge < -0.3 is 14.9 Å². The molecule has 0 radical (unpaired) electrons. The number of aromatic amines is 2. The van der Waals surface area contributed by atoms with E-state index >= 15 is 0 Å². The Balaban J connectivity index is 1.48. The van der Waals surface area contributed by atoms with Crippen LogP contribution in [-0.2, 0) is 6.54 Å². The quantitative estimate of drug-likeness (QED) is 0.695. The molecule has 8 heteroatoms. The van der Waals surface area contributed by atoms with Gasteiger partial charge in [-0.1, -0.05) is 0 Å². The van der Waals surface area contributed by atoms with Crippen molar-refractivity contribution >= 4 is 29.2 Å². The van der Waals surface area contributed by atoms with Gasteiger partial charge in [-0.2, -0.15) is 0 Å². The van der Waals surface area contributed by atoms with Crippen molar-refractivity contribution in [3.8, 4) is 0 Å². The second-order valence-corrected chi connectivity index (χ2v) is 6.79. The molecule has 0 spiro atoms. The molecule has 0 aliphatic carbocycles. The molecule has 2 aromatic heterocycles. The van der Waals surface area contributed by atoms with E-state index < -0.39 is 5.82 Å². The first-order valence-corrected chi connectivity index (χ1v) is 8.83. The van der Waals surface area contributed by atoms with Crippen molar-refractivity contribution in [1.29, 1.82) is 0 Å². The van der Waals surface area contributed by atoms with Crippen LogP contribution in [0.4, 0.5) is 4.39 Å². The van der Waals surface area contributed by atoms with E-state index in [2.05, 4.69) is 19.9 Å². The minimum absolute atomic E-state index is 0.177. The first-order valence-electron chi connectivity index (χ1n) is 8.42. The highest BCUT2D eigenvalue weighted by atomic mass is 32.1. The molecule has 0 saturated carbocycles. The number of benzene rings is 1. The summed E-state index contributed by atoms with van der Waals surface area (Å²) in [7, 11) is 0. The number of hydrogen-bond acceptors (Lipinski definition) is 4. The summed E-state index contributed by atoms with van der Waals surface area (Å²) >= 11 is 5.07. The van der Waals surface area contributed by atoms with Gasteiger partial charge in [0.2, 0.25) is 0 Å². The summed E-state index contributed by atoms with van der Waals surface area (Å²) in [6.07, 6.45) is 3.57. The van der Waals surface area contributed by atoms with Crippen LogP contribution in [0.3, 0.4) is 0 Å². The van der Waals surface area contributed by atoms with Crippen LogP contribution in [0.1, 0.15) is 15.9 Å². The summed E-state index contributed by atoms with van der Waals surface area (Å²) in [5.41, 5.74) is 2.58. The number of nitrogens with zero attached hydrogens (tertiary/aromatic N) is 3. The lowest BCUT2D eigenvalue weighted by molar-refractivity contribution is 0.0630. The number of amides is 1. The monoisotopic (exact) mass is 371 g/mol. The smallest absolute Gasteiger partial charge is 0.256 e. The molecule has 6 nitrogen and oxygen atoms in total. The van der Waals surface area contributed by atoms with Crippen LogP contribution in [0.25, 0.3) is 11.0 Å². The standard InChI is InChI=1S/C18H18FN5OS/c19-13-9-14(16-15(10-13)21-18(26)22-16)17(25)24-7-5-23(6-8-24)11-12-1-3-20-4-2-12/h1-4,9-10H,5-8,11H2,(H2,21,22,26). The number of H-pyrrole nitrogens is 2. The zero-order valence-corrected chi connectivity index (χ0v) is 14.9. The maximum atomic E-state index is 13.9. The van der Waals surface area contributed by atoms with Gasteiger partial charge in [0.15, 0.2) is 4.77 Å². The fraction of sp³-hybridized carbons (Fsp3) is 0.278. The third-order valence-electron chi connectivity index (χ3n) is 4.64. The van der Waals surface area contributed by atoms with Crippen LogP contribution >= 0.6 is 12.2 Å². The van der Waals surface area contributed by atoms with Crippen molar-refractivity contribution in [2.45, 2.75) is 6.54 Å². The number of hydrogen-bond donors (Lipinski definition) is 2. The lowest BCUT2D eigenvalue weighted by Gasteiger charge is -2.34. The van der Waals surface area contributed by atoms with Gasteiger partial charge in [0.05, 0.1) is 16.6 Å². The summed E-state index contributed by atoms with van der Waals surface area (Å²) in [4.78, 5) is 26.8. The van der Waals surface area contributed by atoms with Gasteiger partial charge in [-0.05, 0) is 42.0 Å². The van der Waals surface area contributed by atoms with Gasteiger partial charge in [-0.25, -0.2) is 4.39 Å². The lowest BCUT2D eigenvalue weighted by atomic mass is 10.1. The molecule has 0 unspecified atom stereocenters. The van der Waals surface area contributed by atoms with Crippen LogP contribution in [0.15, 0.2) is 36.7 Å². The van der Waals surface area contributed by atoms with E-state index in [4.69, 9.17) is 12.2 Å². The van der Waals surface area contributed by atoms with Crippen LogP contribution in [-0.4, -0.2) is 56.8 Å². The maximum absolute atomic E-state index is 13.9. The SMILES string of the molecule is O=C(c1cc(F)cc2[nH]c(=S)[nH]c12)N1CCN(Cc2ccncc2)CC1. The lowest BCUT2D eigenvalue weighted by Crippen LogP contribution is -2.48. The molecule has 1 amide bonds. The van der Waals surface area contributed by atoms with E-state index in [0.29, 0.717) is 34.5 Å². The van der Waals surface area contributed by atoms with Gasteiger partial charge >= 0.3 is 0 Å². The molecular formula is C18H18FN5OS. The molecule has 1 saturated heterocycles. The fourth-order valence-corrected chi connectivity index (χ4v) is 3.51. The highest BCUT2D eigenvalue weighted by molar-refractivity contribution is 7.71. The van der Waals surface area contributed by atoms with E-state index in [1.165, 1.54) is 17.7 Å². The number of halogens is 1. The van der Waals surface area contributed by atoms with Gasteiger partial charge in [-0.15, -0.1) is 0 Å². The van der Waals surface area contributed by atoms with E-state index in [-0.39, 0.29) is 5.91 Å². The molecule has 1 fully saturated rings. The van der Waals surface area contributed by atoms with Gasteiger partial charge in [0, 0.05) is 45.1 Å². The molecule has 1 aliphatic rings. The molecule has 3 aromatic rings. The van der Waals surface area contributed by atoms with Crippen LogP contribution in [0.5, 0.6) is 0 Å². The molecule has 2 N–H and O–H groups in total. The van der Waals surface area contributed by atoms with Crippen LogP contribution < -0.4 is 0 Å². The van der Waals surface area contributed by atoms with E-state index in [0.717, 1.165) is 19.6 Å². The fourth-order valence-electron chi connectivity index (χ4n) is 3.30. The Kier molecular flexibility index (Phi) is 4.52. The van der Waals surface area contributed by atoms with E-state index in [1.807, 2.05) is 12.1 Å². The third-order valence-corrected chi connectivity index (χ3v) is 4.84. The number of fused-ring (bicyclic) bond motifs is 1. The third kappa shape index (κ3) is 3.38. The Morgan fingerprint density at radius 2 is 1.88 bits per heavy atom. The molecule has 4 rings (SSSR count). The molecule has 0 bridgehead atoms. The molecule has 26 heavy (non-hydrogen) atoms. The van der Waals surface area contributed by atoms with E-state index in [1.54, 1.807) is 17.3 Å². The van der Waals surface area contributed by atoms with Crippen molar-refractivity contribution in [1.82, 2.24) is 24.8 Å². The Morgan fingerprint density at radius 1 is 1.15 bits per heavy atom. The number of rotatable bonds is 3. The Labute approximate surface area is 154 Å². The van der Waals surface area contributed by atoms with Gasteiger partial charge in [0.1, 0.15) is 5.82 Å². The van der Waals surface area contributed by atoms with E-state index in [9.17, 15) is 9.18 Å². The summed E-state index contributed by atoms with van der Waals surface area (Å²) in [5.74, 6) is -0.634. The Hall–Kier alpha value is -2.58. The largest absolute Gasteiger partial charge is 0.336 e. The minimum atomic E-state index is -0.456. The molecule has 134 valence electrons. The van der Waals surface area contributed by atoms with Crippen molar-refractivity contribution in [2.75, 3.05) is 26.2 Å². The van der Waals surface area contributed by atoms with Gasteiger partial charge in [0.25, 0.3) is 5.91 Å². The number of piperazine rings is 1. The number of pyridine rings is 1. The predicted molar refractivity (Wildman–Crippen MR) is 98.9 cm³/mol. The molecule has 1 aromatic carbocycles. The van der Waals surface area contributed by atoms with Crippen molar-refractivity contribution in [3.63, 3.8) is 0 Å². The first-order chi connectivity index (χ1) is 12.6. The number of carbonyl (C=O) groups excluding carboxylic acids is 1. The van der Waals surface area contributed by atoms with Crippen LogP contribution in [0, 0.1) is 10.6 Å². The normalized spacial score (nSPS) is 15.5. The number of imidazole rings is 1. The minimum Gasteiger partial charge on any atom is -0.336 e. The van der Waals surface area contributed by atoms with Gasteiger partial charge in [-0.3, -0.25) is 14.7 Å². The molecular weight excluding hydrogens is 353 g/mol. The summed E-state index contributed by atoms with van der Waals surface area (Å²) in [6.45, 7) is 3.59. The van der Waals surface area contributed by atoms with Crippen LogP contribution in [0.2, 0.25) is 0 Å². The average molecular weight is 371 g/mol. The molecule has 0 atom stereocenters. The Morgan fingerprint density at radius 3 is 2.62 bits per heavy atom. The maximum Gasteiger partial charge on any atom is 0.256 e. The number of nitrogens with one attached hydrogen (secondary N) is 2. The summed E-state index contributed by atoms with van der Waals surface area (Å²) in [5, 5.41) is 0. The first kappa shape index (κ1) is 16.9. The van der Waals surface area contributed by atoms with Crippen molar-refractivity contribution in [3.05, 3.63) is 58.4 Å². The molecule has 1 aliphatic heterocycles. The zero-order valence-electron chi connectivity index (χ0n) is 14.0. The van der Waals surface area contributed by atoms with Crippen molar-refractivity contribution < 1.29 is 9.18 Å². The average Bonchev–Trinajstić information content (AvgIpc) is 3.02. The molecule has 3 heterocycles. The van der Waals surface area contributed by atoms with Crippen molar-refractivity contribution in [2.24, 2.45) is 0 Å². The number of aromatic nitrogens is 3.